The van der Waals surface area contributed by atoms with Gasteiger partial charge in [0.2, 0.25) is 0 Å². The van der Waals surface area contributed by atoms with E-state index >= 15 is 0 Å². The minimum atomic E-state index is -5.38. The van der Waals surface area contributed by atoms with Crippen molar-refractivity contribution in [2.75, 3.05) is 13.2 Å². The molecule has 0 aromatic heterocycles. The lowest BCUT2D eigenvalue weighted by Gasteiger charge is -2.43. The highest BCUT2D eigenvalue weighted by molar-refractivity contribution is 7.47. The van der Waals surface area contributed by atoms with Gasteiger partial charge in [-0.05, 0) is 44.9 Å². The van der Waals surface area contributed by atoms with Gasteiger partial charge in [0.05, 0.1) is 12.7 Å². The van der Waals surface area contributed by atoms with Gasteiger partial charge in [-0.2, -0.15) is 0 Å². The van der Waals surface area contributed by atoms with E-state index in [9.17, 15) is 58.9 Å². The summed E-state index contributed by atoms with van der Waals surface area (Å²) in [6, 6.07) is 0. The minimum Gasteiger partial charge on any atom is -0.462 e. The van der Waals surface area contributed by atoms with Crippen LogP contribution in [0.3, 0.4) is 0 Å². The largest absolute Gasteiger partial charge is 0.472 e. The fourth-order valence-electron chi connectivity index (χ4n) is 7.25. The number of aliphatic hydroxyl groups excluding tert-OH is 5. The Morgan fingerprint density at radius 2 is 1.01 bits per heavy atom. The Kier molecular flexibility index (Phi) is 36.8. The molecule has 0 bridgehead atoms. The molecule has 1 aliphatic carbocycles. The molecule has 0 amide bonds. The third-order valence-electron chi connectivity index (χ3n) is 11.3. The van der Waals surface area contributed by atoms with Gasteiger partial charge in [-0.1, -0.05) is 177 Å². The number of carbonyl (C=O) groups is 2. The lowest BCUT2D eigenvalue weighted by atomic mass is 9.85. The van der Waals surface area contributed by atoms with E-state index in [0.717, 1.165) is 44.9 Å². The average molecular weight is 1010 g/mol. The van der Waals surface area contributed by atoms with E-state index in [1.807, 2.05) is 43.4 Å². The second-order valence-corrected chi connectivity index (χ2v) is 20.0. The van der Waals surface area contributed by atoms with Gasteiger partial charge >= 0.3 is 27.6 Å². The van der Waals surface area contributed by atoms with Crippen LogP contribution in [-0.2, 0) is 41.8 Å². The van der Waals surface area contributed by atoms with Gasteiger partial charge < -0.3 is 49.7 Å². The van der Waals surface area contributed by atoms with Gasteiger partial charge in [0.25, 0.3) is 0 Å². The Hall–Kier alpha value is -2.34. The van der Waals surface area contributed by atoms with Crippen LogP contribution in [0.5, 0.6) is 0 Å². The van der Waals surface area contributed by atoms with Crippen LogP contribution in [0.1, 0.15) is 174 Å². The van der Waals surface area contributed by atoms with Crippen LogP contribution in [0.15, 0.2) is 60.8 Å². The van der Waals surface area contributed by atoms with Gasteiger partial charge in [0.1, 0.15) is 43.2 Å². The fourth-order valence-corrected chi connectivity index (χ4v) is 8.79. The number of rotatable bonds is 41. The number of phosphoric ester groups is 2. The maximum atomic E-state index is 13.0. The number of phosphoric acid groups is 2. The summed E-state index contributed by atoms with van der Waals surface area (Å²) in [6.45, 7) is 2.75. The van der Waals surface area contributed by atoms with Crippen LogP contribution in [-0.4, -0.2) is 114 Å². The van der Waals surface area contributed by atoms with E-state index in [4.69, 9.17) is 18.5 Å². The normalized spacial score (nSPS) is 22.2. The maximum Gasteiger partial charge on any atom is 0.472 e. The topological polar surface area (TPSA) is 276 Å². The second kappa shape index (κ2) is 39.3. The number of esters is 2. The molecule has 1 saturated carbocycles. The van der Waals surface area contributed by atoms with Crippen molar-refractivity contribution in [3.05, 3.63) is 60.8 Å². The fraction of sp³-hybridized carbons (Fsp3) is 0.755. The molecule has 17 nitrogen and oxygen atoms in total. The first kappa shape index (κ1) is 63.7. The van der Waals surface area contributed by atoms with Crippen molar-refractivity contribution >= 4 is 27.6 Å². The minimum absolute atomic E-state index is 0.0259. The van der Waals surface area contributed by atoms with E-state index in [1.165, 1.54) is 77.0 Å². The Balaban J connectivity index is 2.60. The summed E-state index contributed by atoms with van der Waals surface area (Å²) in [5.74, 6) is -1.29. The third-order valence-corrected chi connectivity index (χ3v) is 12.8. The molecule has 1 fully saturated rings. The molecule has 5 unspecified atom stereocenters. The number of hydrogen-bond acceptors (Lipinski definition) is 14. The monoisotopic (exact) mass is 1010 g/mol. The molecule has 1 aliphatic rings. The number of unbranched alkanes of at least 4 members (excludes halogenated alkanes) is 17. The zero-order chi connectivity index (χ0) is 50.5. The Morgan fingerprint density at radius 3 is 1.53 bits per heavy atom. The zero-order valence-corrected chi connectivity index (χ0v) is 42.4. The summed E-state index contributed by atoms with van der Waals surface area (Å²) in [7, 11) is -10.7. The molecular formula is C49H86O17P2. The molecule has 0 radical (unpaired) electrons. The molecule has 0 aromatic rings. The number of carbonyl (C=O) groups excluding carboxylic acids is 2. The zero-order valence-electron chi connectivity index (χ0n) is 40.6. The molecule has 0 heterocycles. The highest BCUT2D eigenvalue weighted by atomic mass is 31.2. The summed E-state index contributed by atoms with van der Waals surface area (Å²) in [6.07, 6.45) is 28.4. The molecule has 0 spiro atoms. The number of ether oxygens (including phenoxy) is 2. The predicted molar refractivity (Wildman–Crippen MR) is 261 cm³/mol. The van der Waals surface area contributed by atoms with E-state index < -0.39 is 89.6 Å². The molecule has 0 aliphatic heterocycles. The molecule has 0 aromatic carbocycles. The summed E-state index contributed by atoms with van der Waals surface area (Å²) >= 11 is 0. The van der Waals surface area contributed by atoms with E-state index in [0.29, 0.717) is 25.7 Å². The average Bonchev–Trinajstić information content (AvgIpc) is 3.29. The van der Waals surface area contributed by atoms with Crippen LogP contribution in [0.25, 0.3) is 0 Å². The lowest BCUT2D eigenvalue weighted by molar-refractivity contribution is -0.216. The maximum absolute atomic E-state index is 13.0. The summed E-state index contributed by atoms with van der Waals surface area (Å²) in [5, 5.41) is 50.8. The molecule has 19 heteroatoms. The molecule has 0 saturated heterocycles. The van der Waals surface area contributed by atoms with Gasteiger partial charge in [-0.25, -0.2) is 9.13 Å². The number of hydrogen-bond donors (Lipinski definition) is 8. The molecule has 394 valence electrons. The number of aliphatic hydroxyl groups is 5. The van der Waals surface area contributed by atoms with Crippen LogP contribution < -0.4 is 0 Å². The van der Waals surface area contributed by atoms with Gasteiger partial charge in [-0.15, -0.1) is 0 Å². The van der Waals surface area contributed by atoms with Crippen molar-refractivity contribution in [3.63, 3.8) is 0 Å². The van der Waals surface area contributed by atoms with E-state index in [-0.39, 0.29) is 12.8 Å². The first-order valence-corrected chi connectivity index (χ1v) is 28.0. The molecule has 9 atom stereocenters. The van der Waals surface area contributed by atoms with Gasteiger partial charge in [-0.3, -0.25) is 23.2 Å². The second-order valence-electron chi connectivity index (χ2n) is 17.4. The molecule has 68 heavy (non-hydrogen) atoms. The standard InChI is InChI=1S/C49H86O17P2/c1-3-5-6-7-8-9-10-11-12-13-14-19-22-25-28-31-34-37-43(52)64-41(39-63-68(60,61)66-49-46(55)44(53)45(54)48(47(49)56)65-67(57,58)59)38-62-42(51)36-33-30-27-24-21-18-16-15-17-20-23-26-29-32-35-40(50)4-2/h16-18,20,24,26-27,29,32,35,40-41,44-50,53-56H,3-15,19,21-23,25,28,30-31,33-34,36-39H2,1-2H3,(H,60,61)(H2,57,58,59)/b18-16-,20-17-,27-24-,29-26-,35-32+/t40-,41+,44?,45?,46?,47?,48+,49-/m0/s1. The summed E-state index contributed by atoms with van der Waals surface area (Å²) in [5.41, 5.74) is 0. The van der Waals surface area contributed by atoms with Crippen molar-refractivity contribution in [3.8, 4) is 0 Å². The van der Waals surface area contributed by atoms with Crippen LogP contribution in [0, 0.1) is 0 Å². The van der Waals surface area contributed by atoms with Gasteiger partial charge in [0.15, 0.2) is 6.10 Å². The van der Waals surface area contributed by atoms with Gasteiger partial charge in [0, 0.05) is 12.8 Å². The van der Waals surface area contributed by atoms with Crippen molar-refractivity contribution in [2.45, 2.75) is 223 Å². The smallest absolute Gasteiger partial charge is 0.462 e. The number of allylic oxidation sites excluding steroid dienone is 9. The predicted octanol–water partition coefficient (Wildman–Crippen LogP) is 8.81. The summed E-state index contributed by atoms with van der Waals surface area (Å²) in [4.78, 5) is 54.3. The van der Waals surface area contributed by atoms with Crippen molar-refractivity contribution in [2.24, 2.45) is 0 Å². The SMILES string of the molecule is CCCCCCCCCCCCCCCCCCCC(=O)O[C@H](COC(=O)CCC/C=C\C/C=C\C/C=C\C/C=C\C=C\[C@@H](O)CC)COP(=O)(O)O[C@H]1C(O)C(O)C(O)[C@@H](OP(=O)(O)O)C1O. The van der Waals surface area contributed by atoms with Crippen LogP contribution >= 0.6 is 15.6 Å². The van der Waals surface area contributed by atoms with Crippen LogP contribution in [0.4, 0.5) is 0 Å². The summed E-state index contributed by atoms with van der Waals surface area (Å²) < 4.78 is 49.4. The highest BCUT2D eigenvalue weighted by Crippen LogP contribution is 2.49. The lowest BCUT2D eigenvalue weighted by Crippen LogP contribution is -2.64. The first-order valence-electron chi connectivity index (χ1n) is 24.9. The first-order chi connectivity index (χ1) is 32.5. The van der Waals surface area contributed by atoms with Crippen LogP contribution in [0.2, 0.25) is 0 Å². The Labute approximate surface area is 405 Å². The van der Waals surface area contributed by atoms with E-state index in [1.54, 1.807) is 6.08 Å². The van der Waals surface area contributed by atoms with Crippen molar-refractivity contribution in [1.82, 2.24) is 0 Å². The van der Waals surface area contributed by atoms with E-state index in [2.05, 4.69) is 29.7 Å². The molecule has 1 rings (SSSR count). The third kappa shape index (κ3) is 33.3. The Bertz CT molecular complexity index is 1560. The molecule has 8 N–H and O–H groups in total. The highest BCUT2D eigenvalue weighted by Gasteiger charge is 2.54. The Morgan fingerprint density at radius 1 is 0.544 bits per heavy atom. The van der Waals surface area contributed by atoms with Crippen molar-refractivity contribution in [1.29, 1.82) is 0 Å². The quantitative estimate of drug-likeness (QED) is 0.00934. The van der Waals surface area contributed by atoms with Crippen molar-refractivity contribution < 1.29 is 82.0 Å². The molecular weight excluding hydrogens is 922 g/mol.